The number of halogens is 1. The van der Waals surface area contributed by atoms with Gasteiger partial charge < -0.3 is 14.4 Å². The van der Waals surface area contributed by atoms with E-state index in [2.05, 4.69) is 32.7 Å². The number of carbonyl (C=O) groups excluding carboxylic acids is 2. The molecule has 3 heterocycles. The average Bonchev–Trinajstić information content (AvgIpc) is 3.22. The highest BCUT2D eigenvalue weighted by atomic mass is 79.9. The second-order valence-corrected chi connectivity index (χ2v) is 7.77. The summed E-state index contributed by atoms with van der Waals surface area (Å²) in [5.74, 6) is -0.762. The molecule has 1 aromatic rings. The molecule has 3 unspecified atom stereocenters. The maximum absolute atomic E-state index is 12.4. The number of likely N-dealkylation sites (N-methyl/N-ethyl adjacent to an activating group) is 1. The van der Waals surface area contributed by atoms with Crippen LogP contribution in [0.2, 0.25) is 0 Å². The molecule has 0 spiro atoms. The summed E-state index contributed by atoms with van der Waals surface area (Å²) in [6.07, 6.45) is 1.57. The van der Waals surface area contributed by atoms with E-state index in [1.54, 1.807) is 13.1 Å². The molecule has 0 radical (unpaired) electrons. The number of anilines is 1. The minimum absolute atomic E-state index is 0.0750. The molecule has 2 aliphatic rings. The third-order valence-electron chi connectivity index (χ3n) is 3.80. The number of allylic oxidation sites excluding steroid dienone is 1. The number of hydrogen-bond donors (Lipinski definition) is 0. The standard InChI is InChI=1S/C14H17BrN4O4S/c1-3-4-10-16-17-13(24-10)19-11(5-18(2)14(19)21)23-12(20)8-6-22-7-9(8)15/h3,8-9,11H,1,4-7H2,2H3. The molecule has 2 fully saturated rings. The fraction of sp³-hybridized carbons (Fsp3) is 0.571. The van der Waals surface area contributed by atoms with Gasteiger partial charge in [-0.3, -0.25) is 4.79 Å². The van der Waals surface area contributed by atoms with Crippen LogP contribution in [-0.2, 0) is 20.7 Å². The van der Waals surface area contributed by atoms with Crippen molar-refractivity contribution in [1.29, 1.82) is 0 Å². The van der Waals surface area contributed by atoms with Crippen molar-refractivity contribution in [2.45, 2.75) is 17.5 Å². The van der Waals surface area contributed by atoms with E-state index in [-0.39, 0.29) is 29.3 Å². The summed E-state index contributed by atoms with van der Waals surface area (Å²) in [6, 6.07) is -0.271. The third kappa shape index (κ3) is 3.31. The lowest BCUT2D eigenvalue weighted by Crippen LogP contribution is -2.39. The second-order valence-electron chi connectivity index (χ2n) is 5.56. The SMILES string of the molecule is C=CCc1nnc(N2C(=O)N(C)CC2OC(=O)C2COCC2Br)s1. The molecule has 0 N–H and O–H groups in total. The molecule has 2 aliphatic heterocycles. The molecule has 10 heteroatoms. The maximum Gasteiger partial charge on any atom is 0.329 e. The third-order valence-corrected chi connectivity index (χ3v) is 5.65. The fourth-order valence-corrected chi connectivity index (χ4v) is 3.93. The van der Waals surface area contributed by atoms with Crippen LogP contribution in [0.3, 0.4) is 0 Å². The Hall–Kier alpha value is -1.52. The van der Waals surface area contributed by atoms with Gasteiger partial charge in [0.05, 0.1) is 30.5 Å². The van der Waals surface area contributed by atoms with Crippen LogP contribution in [0, 0.1) is 5.92 Å². The highest BCUT2D eigenvalue weighted by Gasteiger charge is 2.43. The molecule has 24 heavy (non-hydrogen) atoms. The summed E-state index contributed by atoms with van der Waals surface area (Å²) in [7, 11) is 1.65. The summed E-state index contributed by atoms with van der Waals surface area (Å²) in [5.41, 5.74) is 0. The molecule has 2 saturated heterocycles. The Morgan fingerprint density at radius 2 is 2.33 bits per heavy atom. The summed E-state index contributed by atoms with van der Waals surface area (Å²) >= 11 is 4.70. The van der Waals surface area contributed by atoms with Crippen LogP contribution in [0.1, 0.15) is 5.01 Å². The van der Waals surface area contributed by atoms with E-state index in [1.807, 2.05) is 0 Å². The summed E-state index contributed by atoms with van der Waals surface area (Å²) in [6.45, 7) is 4.72. The van der Waals surface area contributed by atoms with Crippen molar-refractivity contribution in [3.63, 3.8) is 0 Å². The average molecular weight is 417 g/mol. The van der Waals surface area contributed by atoms with Gasteiger partial charge in [-0.1, -0.05) is 33.3 Å². The molecule has 0 aliphatic carbocycles. The van der Waals surface area contributed by atoms with Gasteiger partial charge in [0.15, 0.2) is 0 Å². The van der Waals surface area contributed by atoms with E-state index in [9.17, 15) is 9.59 Å². The Labute approximate surface area is 151 Å². The lowest BCUT2D eigenvalue weighted by atomic mass is 10.1. The highest BCUT2D eigenvalue weighted by molar-refractivity contribution is 9.09. The van der Waals surface area contributed by atoms with Crippen molar-refractivity contribution in [3.8, 4) is 0 Å². The molecule has 0 saturated carbocycles. The lowest BCUT2D eigenvalue weighted by molar-refractivity contribution is -0.152. The Morgan fingerprint density at radius 1 is 1.54 bits per heavy atom. The van der Waals surface area contributed by atoms with Gasteiger partial charge in [-0.15, -0.1) is 16.8 Å². The Kier molecular flexibility index (Phi) is 5.16. The van der Waals surface area contributed by atoms with Crippen molar-refractivity contribution < 1.29 is 19.1 Å². The quantitative estimate of drug-likeness (QED) is 0.409. The van der Waals surface area contributed by atoms with Gasteiger partial charge in [0, 0.05) is 13.5 Å². The number of carbonyl (C=O) groups is 2. The summed E-state index contributed by atoms with van der Waals surface area (Å²) in [5, 5.41) is 9.24. The van der Waals surface area contributed by atoms with Crippen LogP contribution in [0.25, 0.3) is 0 Å². The van der Waals surface area contributed by atoms with Crippen molar-refractivity contribution in [2.24, 2.45) is 5.92 Å². The predicted octanol–water partition coefficient (Wildman–Crippen LogP) is 1.42. The summed E-state index contributed by atoms with van der Waals surface area (Å²) in [4.78, 5) is 27.6. The topological polar surface area (TPSA) is 84.9 Å². The first-order valence-corrected chi connectivity index (χ1v) is 9.14. The molecule has 2 amide bonds. The van der Waals surface area contributed by atoms with Crippen LogP contribution in [0.5, 0.6) is 0 Å². The van der Waals surface area contributed by atoms with Gasteiger partial charge >= 0.3 is 12.0 Å². The predicted molar refractivity (Wildman–Crippen MR) is 91.2 cm³/mol. The molecular formula is C14H17BrN4O4S. The Bertz CT molecular complexity index is 654. The van der Waals surface area contributed by atoms with Gasteiger partial charge in [0.2, 0.25) is 11.4 Å². The smallest absolute Gasteiger partial charge is 0.329 e. The van der Waals surface area contributed by atoms with E-state index < -0.39 is 6.23 Å². The number of alkyl halides is 1. The van der Waals surface area contributed by atoms with Crippen LogP contribution in [-0.4, -0.2) is 65.0 Å². The minimum atomic E-state index is -0.722. The number of rotatable bonds is 5. The monoisotopic (exact) mass is 416 g/mol. The number of hydrogen-bond acceptors (Lipinski definition) is 7. The number of nitrogens with zero attached hydrogens (tertiary/aromatic N) is 4. The zero-order valence-electron chi connectivity index (χ0n) is 13.1. The van der Waals surface area contributed by atoms with Crippen LogP contribution < -0.4 is 4.90 Å². The van der Waals surface area contributed by atoms with E-state index in [1.165, 1.54) is 21.1 Å². The minimum Gasteiger partial charge on any atom is -0.439 e. The zero-order chi connectivity index (χ0) is 17.3. The van der Waals surface area contributed by atoms with Gasteiger partial charge in [-0.05, 0) is 0 Å². The number of aromatic nitrogens is 2. The van der Waals surface area contributed by atoms with E-state index in [0.717, 1.165) is 5.01 Å². The first kappa shape index (κ1) is 17.3. The molecule has 130 valence electrons. The summed E-state index contributed by atoms with van der Waals surface area (Å²) < 4.78 is 10.8. The van der Waals surface area contributed by atoms with Gasteiger partial charge in [0.1, 0.15) is 5.01 Å². The first-order chi connectivity index (χ1) is 11.5. The fourth-order valence-electron chi connectivity index (χ4n) is 2.51. The van der Waals surface area contributed by atoms with Crippen molar-refractivity contribution in [1.82, 2.24) is 15.1 Å². The van der Waals surface area contributed by atoms with Gasteiger partial charge in [-0.25, -0.2) is 9.69 Å². The van der Waals surface area contributed by atoms with Gasteiger partial charge in [0.25, 0.3) is 0 Å². The van der Waals surface area contributed by atoms with E-state index in [4.69, 9.17) is 9.47 Å². The van der Waals surface area contributed by atoms with Crippen LogP contribution >= 0.6 is 27.3 Å². The van der Waals surface area contributed by atoms with Crippen molar-refractivity contribution >= 4 is 44.4 Å². The number of esters is 1. The molecule has 1 aromatic heterocycles. The van der Waals surface area contributed by atoms with E-state index >= 15 is 0 Å². The largest absolute Gasteiger partial charge is 0.439 e. The lowest BCUT2D eigenvalue weighted by Gasteiger charge is -2.21. The Balaban J connectivity index is 1.76. The molecule has 3 rings (SSSR count). The van der Waals surface area contributed by atoms with Crippen LogP contribution in [0.4, 0.5) is 9.93 Å². The second kappa shape index (κ2) is 7.16. The Morgan fingerprint density at radius 3 is 3.00 bits per heavy atom. The maximum atomic E-state index is 12.4. The molecule has 0 aromatic carbocycles. The molecule has 3 atom stereocenters. The number of amides is 2. The van der Waals surface area contributed by atoms with Gasteiger partial charge in [-0.2, -0.15) is 0 Å². The number of ether oxygens (including phenoxy) is 2. The number of urea groups is 1. The van der Waals surface area contributed by atoms with Crippen molar-refractivity contribution in [2.75, 3.05) is 31.7 Å². The normalized spacial score (nSPS) is 26.9. The first-order valence-electron chi connectivity index (χ1n) is 7.41. The molecular weight excluding hydrogens is 400 g/mol. The zero-order valence-corrected chi connectivity index (χ0v) is 15.5. The van der Waals surface area contributed by atoms with E-state index in [0.29, 0.717) is 24.8 Å². The van der Waals surface area contributed by atoms with Crippen molar-refractivity contribution in [3.05, 3.63) is 17.7 Å². The highest BCUT2D eigenvalue weighted by Crippen LogP contribution is 2.30. The van der Waals surface area contributed by atoms with Crippen LogP contribution in [0.15, 0.2) is 12.7 Å². The molecule has 0 bridgehead atoms. The molecule has 8 nitrogen and oxygen atoms in total.